The van der Waals surface area contributed by atoms with Crippen LogP contribution in [0, 0.1) is 0 Å². The minimum atomic E-state index is -4.48. The van der Waals surface area contributed by atoms with Gasteiger partial charge in [-0.05, 0) is 23.8 Å². The number of aliphatic hydroxyl groups is 1. The van der Waals surface area contributed by atoms with Gasteiger partial charge in [0.25, 0.3) is 0 Å². The quantitative estimate of drug-likeness (QED) is 0.529. The molecule has 0 saturated carbocycles. The fourth-order valence-electron chi connectivity index (χ4n) is 1.71. The van der Waals surface area contributed by atoms with Crippen LogP contribution < -0.4 is 0 Å². The van der Waals surface area contributed by atoms with Crippen molar-refractivity contribution in [1.82, 2.24) is 0 Å². The van der Waals surface area contributed by atoms with Crippen molar-refractivity contribution in [2.24, 2.45) is 0 Å². The molecular weight excluding hydrogens is 289 g/mol. The summed E-state index contributed by atoms with van der Waals surface area (Å²) in [6.45, 7) is -0.378. The SMILES string of the molecule is O=C(/C=C/c1cccc(C(F)(F)F)c1)C1=C(O)COC1=O. The van der Waals surface area contributed by atoms with E-state index in [0.717, 1.165) is 24.3 Å². The van der Waals surface area contributed by atoms with Gasteiger partial charge in [-0.15, -0.1) is 0 Å². The number of hydrogen-bond acceptors (Lipinski definition) is 4. The van der Waals surface area contributed by atoms with Crippen LogP contribution in [0.2, 0.25) is 0 Å². The molecule has 1 aromatic rings. The lowest BCUT2D eigenvalue weighted by atomic mass is 10.1. The number of halogens is 3. The highest BCUT2D eigenvalue weighted by atomic mass is 19.4. The highest BCUT2D eigenvalue weighted by Gasteiger charge is 2.31. The third-order valence-corrected chi connectivity index (χ3v) is 2.72. The number of ether oxygens (including phenoxy) is 1. The number of rotatable bonds is 3. The molecule has 110 valence electrons. The molecule has 1 N–H and O–H groups in total. The summed E-state index contributed by atoms with van der Waals surface area (Å²) in [4.78, 5) is 22.9. The van der Waals surface area contributed by atoms with Crippen molar-refractivity contribution in [1.29, 1.82) is 0 Å². The highest BCUT2D eigenvalue weighted by Crippen LogP contribution is 2.29. The Morgan fingerprint density at radius 1 is 1.33 bits per heavy atom. The first-order valence-corrected chi connectivity index (χ1v) is 5.78. The molecule has 7 heteroatoms. The van der Waals surface area contributed by atoms with Gasteiger partial charge in [0.2, 0.25) is 0 Å². The summed E-state index contributed by atoms with van der Waals surface area (Å²) in [5, 5.41) is 9.31. The Bertz CT molecular complexity index is 656. The summed E-state index contributed by atoms with van der Waals surface area (Å²) in [5.74, 6) is -2.27. The van der Waals surface area contributed by atoms with Crippen molar-refractivity contribution in [3.8, 4) is 0 Å². The summed E-state index contributed by atoms with van der Waals surface area (Å²) >= 11 is 0. The lowest BCUT2D eigenvalue weighted by Crippen LogP contribution is -2.08. The third kappa shape index (κ3) is 3.31. The van der Waals surface area contributed by atoms with Crippen LogP contribution in [0.15, 0.2) is 41.7 Å². The van der Waals surface area contributed by atoms with E-state index in [-0.39, 0.29) is 12.2 Å². The molecule has 1 aromatic carbocycles. The Hall–Kier alpha value is -2.57. The van der Waals surface area contributed by atoms with Crippen molar-refractivity contribution >= 4 is 17.8 Å². The maximum absolute atomic E-state index is 12.5. The van der Waals surface area contributed by atoms with E-state index >= 15 is 0 Å². The van der Waals surface area contributed by atoms with E-state index < -0.39 is 34.8 Å². The predicted molar refractivity (Wildman–Crippen MR) is 66.1 cm³/mol. The van der Waals surface area contributed by atoms with Crippen LogP contribution >= 0.6 is 0 Å². The van der Waals surface area contributed by atoms with E-state index in [9.17, 15) is 27.9 Å². The minimum absolute atomic E-state index is 0.143. The Morgan fingerprint density at radius 2 is 2.05 bits per heavy atom. The number of carbonyl (C=O) groups excluding carboxylic acids is 2. The molecule has 0 amide bonds. The Balaban J connectivity index is 2.21. The van der Waals surface area contributed by atoms with Crippen molar-refractivity contribution in [3.63, 3.8) is 0 Å². The molecule has 21 heavy (non-hydrogen) atoms. The number of alkyl halides is 3. The molecule has 4 nitrogen and oxygen atoms in total. The van der Waals surface area contributed by atoms with E-state index in [4.69, 9.17) is 0 Å². The molecule has 0 atom stereocenters. The Kier molecular flexibility index (Phi) is 3.84. The van der Waals surface area contributed by atoms with Crippen molar-refractivity contribution in [3.05, 3.63) is 52.8 Å². The van der Waals surface area contributed by atoms with Crippen molar-refractivity contribution in [2.45, 2.75) is 6.18 Å². The first kappa shape index (κ1) is 14.8. The summed E-state index contributed by atoms with van der Waals surface area (Å²) in [7, 11) is 0. The second-order valence-electron chi connectivity index (χ2n) is 4.22. The second kappa shape index (κ2) is 5.43. The fraction of sp³-hybridized carbons (Fsp3) is 0.143. The van der Waals surface area contributed by atoms with Crippen LogP contribution in [0.4, 0.5) is 13.2 Å². The van der Waals surface area contributed by atoms with Crippen LogP contribution in [0.3, 0.4) is 0 Å². The summed E-state index contributed by atoms with van der Waals surface area (Å²) in [6, 6.07) is 4.35. The standard InChI is InChI=1S/C14H9F3O4/c15-14(16,17)9-3-1-2-8(6-9)4-5-10(18)12-11(19)7-21-13(12)20/h1-6,19H,7H2/b5-4+. The molecule has 0 unspecified atom stereocenters. The molecule has 1 aliphatic heterocycles. The molecule has 0 fully saturated rings. The Morgan fingerprint density at radius 3 is 2.62 bits per heavy atom. The van der Waals surface area contributed by atoms with Crippen LogP contribution in [0.1, 0.15) is 11.1 Å². The number of cyclic esters (lactones) is 1. The van der Waals surface area contributed by atoms with Gasteiger partial charge in [0.15, 0.2) is 5.78 Å². The number of allylic oxidation sites excluding steroid dienone is 1. The van der Waals surface area contributed by atoms with Crippen LogP contribution in [0.5, 0.6) is 0 Å². The van der Waals surface area contributed by atoms with E-state index in [0.29, 0.717) is 0 Å². The molecule has 2 rings (SSSR count). The summed E-state index contributed by atoms with van der Waals surface area (Å²) in [5.41, 5.74) is -1.21. The third-order valence-electron chi connectivity index (χ3n) is 2.72. The van der Waals surface area contributed by atoms with Gasteiger partial charge >= 0.3 is 12.1 Å². The average Bonchev–Trinajstić information content (AvgIpc) is 2.75. The van der Waals surface area contributed by atoms with Crippen LogP contribution in [-0.4, -0.2) is 23.5 Å². The van der Waals surface area contributed by atoms with Gasteiger partial charge in [-0.3, -0.25) is 4.79 Å². The number of benzene rings is 1. The normalized spacial score (nSPS) is 15.7. The maximum atomic E-state index is 12.5. The van der Waals surface area contributed by atoms with Gasteiger partial charge in [-0.25, -0.2) is 4.79 Å². The van der Waals surface area contributed by atoms with Gasteiger partial charge in [0.1, 0.15) is 17.9 Å². The van der Waals surface area contributed by atoms with Crippen molar-refractivity contribution < 1.29 is 32.6 Å². The zero-order chi connectivity index (χ0) is 15.6. The molecule has 0 radical (unpaired) electrons. The smallest absolute Gasteiger partial charge is 0.416 e. The van der Waals surface area contributed by atoms with E-state index in [1.807, 2.05) is 0 Å². The predicted octanol–water partition coefficient (Wildman–Crippen LogP) is 2.66. The van der Waals surface area contributed by atoms with Crippen LogP contribution in [-0.2, 0) is 20.5 Å². The van der Waals surface area contributed by atoms with Gasteiger partial charge in [0, 0.05) is 0 Å². The van der Waals surface area contributed by atoms with E-state index in [1.54, 1.807) is 0 Å². The summed E-state index contributed by atoms with van der Waals surface area (Å²) < 4.78 is 42.0. The molecular formula is C14H9F3O4. The number of ketones is 1. The van der Waals surface area contributed by atoms with Crippen LogP contribution in [0.25, 0.3) is 6.08 Å². The average molecular weight is 298 g/mol. The zero-order valence-corrected chi connectivity index (χ0v) is 10.5. The molecule has 1 heterocycles. The Labute approximate surface area is 117 Å². The van der Waals surface area contributed by atoms with Crippen molar-refractivity contribution in [2.75, 3.05) is 6.61 Å². The summed E-state index contributed by atoms with van der Waals surface area (Å²) in [6.07, 6.45) is -2.44. The number of carbonyl (C=O) groups is 2. The number of esters is 1. The lowest BCUT2D eigenvalue weighted by Gasteiger charge is -2.06. The number of aliphatic hydroxyl groups excluding tert-OH is 1. The second-order valence-corrected chi connectivity index (χ2v) is 4.22. The van der Waals surface area contributed by atoms with E-state index in [2.05, 4.69) is 4.74 Å². The first-order valence-electron chi connectivity index (χ1n) is 5.78. The molecule has 0 aliphatic carbocycles. The van der Waals surface area contributed by atoms with Gasteiger partial charge < -0.3 is 9.84 Å². The largest absolute Gasteiger partial charge is 0.508 e. The molecule has 0 saturated heterocycles. The molecule has 1 aliphatic rings. The molecule has 0 aromatic heterocycles. The number of hydrogen-bond donors (Lipinski definition) is 1. The fourth-order valence-corrected chi connectivity index (χ4v) is 1.71. The topological polar surface area (TPSA) is 63.6 Å². The van der Waals surface area contributed by atoms with E-state index in [1.165, 1.54) is 12.1 Å². The zero-order valence-electron chi connectivity index (χ0n) is 10.5. The van der Waals surface area contributed by atoms with Gasteiger partial charge in [-0.2, -0.15) is 13.2 Å². The van der Waals surface area contributed by atoms with Gasteiger partial charge in [-0.1, -0.05) is 18.2 Å². The monoisotopic (exact) mass is 298 g/mol. The molecule has 0 bridgehead atoms. The first-order chi connectivity index (χ1) is 9.79. The minimum Gasteiger partial charge on any atom is -0.508 e. The highest BCUT2D eigenvalue weighted by molar-refractivity contribution is 6.23. The lowest BCUT2D eigenvalue weighted by molar-refractivity contribution is -0.138. The molecule has 0 spiro atoms. The maximum Gasteiger partial charge on any atom is 0.416 e. The van der Waals surface area contributed by atoms with Gasteiger partial charge in [0.05, 0.1) is 5.56 Å².